The molecule has 0 amide bonds. The minimum Gasteiger partial charge on any atom is -0.0622 e. The number of rotatable bonds is 5. The van der Waals surface area contributed by atoms with E-state index in [1.165, 1.54) is 33.4 Å². The van der Waals surface area contributed by atoms with Crippen molar-refractivity contribution >= 4 is 0 Å². The molecule has 0 aliphatic carbocycles. The molecule has 0 fully saturated rings. The first-order chi connectivity index (χ1) is 11.8. The molecule has 122 valence electrons. The van der Waals surface area contributed by atoms with Crippen LogP contribution in [0.25, 0.3) is 11.1 Å². The van der Waals surface area contributed by atoms with E-state index in [4.69, 9.17) is 0 Å². The molecule has 1 unspecified atom stereocenters. The van der Waals surface area contributed by atoms with Crippen LogP contribution in [-0.4, -0.2) is 0 Å². The highest BCUT2D eigenvalue weighted by Gasteiger charge is 2.18. The second-order valence-corrected chi connectivity index (χ2v) is 6.37. The van der Waals surface area contributed by atoms with Gasteiger partial charge in [-0.2, -0.15) is 0 Å². The Kier molecular flexibility index (Phi) is 5.15. The van der Waals surface area contributed by atoms with Gasteiger partial charge in [0, 0.05) is 5.92 Å². The van der Waals surface area contributed by atoms with Gasteiger partial charge in [0.25, 0.3) is 0 Å². The molecular formula is C24H26. The lowest BCUT2D eigenvalue weighted by molar-refractivity contribution is 0.895. The molecule has 0 aromatic heterocycles. The Balaban J connectivity index is 2.21. The quantitative estimate of drug-likeness (QED) is 0.496. The second kappa shape index (κ2) is 7.49. The van der Waals surface area contributed by atoms with Crippen LogP contribution in [0.2, 0.25) is 0 Å². The summed E-state index contributed by atoms with van der Waals surface area (Å²) < 4.78 is 0. The Hall–Kier alpha value is -2.34. The molecule has 0 bridgehead atoms. The molecule has 0 heteroatoms. The predicted octanol–water partition coefficient (Wildman–Crippen LogP) is 6.63. The van der Waals surface area contributed by atoms with Gasteiger partial charge in [-0.15, -0.1) is 0 Å². The highest BCUT2D eigenvalue weighted by Crippen LogP contribution is 2.37. The molecule has 3 aromatic carbocycles. The number of hydrogen-bond acceptors (Lipinski definition) is 0. The fourth-order valence-corrected chi connectivity index (χ4v) is 3.67. The van der Waals surface area contributed by atoms with Crippen molar-refractivity contribution < 1.29 is 0 Å². The van der Waals surface area contributed by atoms with Crippen LogP contribution in [0.15, 0.2) is 72.8 Å². The normalized spacial score (nSPS) is 12.1. The van der Waals surface area contributed by atoms with Gasteiger partial charge in [-0.1, -0.05) is 93.6 Å². The minimum atomic E-state index is 0.391. The van der Waals surface area contributed by atoms with Crippen LogP contribution in [0, 0.1) is 0 Å². The third-order valence-electron chi connectivity index (χ3n) is 5.00. The van der Waals surface area contributed by atoms with Gasteiger partial charge in [-0.05, 0) is 46.2 Å². The highest BCUT2D eigenvalue weighted by molar-refractivity contribution is 5.73. The molecular weight excluding hydrogens is 288 g/mol. The van der Waals surface area contributed by atoms with Crippen molar-refractivity contribution in [2.45, 2.75) is 39.5 Å². The third kappa shape index (κ3) is 3.14. The van der Waals surface area contributed by atoms with Crippen LogP contribution in [0.1, 0.15) is 48.9 Å². The first-order valence-corrected chi connectivity index (χ1v) is 9.01. The lowest BCUT2D eigenvalue weighted by Gasteiger charge is -2.22. The number of hydrogen-bond donors (Lipinski definition) is 0. The van der Waals surface area contributed by atoms with Crippen LogP contribution < -0.4 is 0 Å². The molecule has 0 nitrogen and oxygen atoms in total. The zero-order valence-corrected chi connectivity index (χ0v) is 14.9. The summed E-state index contributed by atoms with van der Waals surface area (Å²) in [4.78, 5) is 0. The van der Waals surface area contributed by atoms with E-state index >= 15 is 0 Å². The van der Waals surface area contributed by atoms with Gasteiger partial charge in [0.15, 0.2) is 0 Å². The van der Waals surface area contributed by atoms with Crippen LogP contribution in [-0.2, 0) is 12.8 Å². The van der Waals surface area contributed by atoms with Gasteiger partial charge in [0.1, 0.15) is 0 Å². The van der Waals surface area contributed by atoms with Crippen LogP contribution in [0.4, 0.5) is 0 Å². The average molecular weight is 314 g/mol. The molecule has 0 saturated heterocycles. The van der Waals surface area contributed by atoms with Gasteiger partial charge in [-0.3, -0.25) is 0 Å². The lowest BCUT2D eigenvalue weighted by atomic mass is 9.82. The topological polar surface area (TPSA) is 0 Å². The van der Waals surface area contributed by atoms with Crippen LogP contribution >= 0.6 is 0 Å². The number of benzene rings is 3. The Morgan fingerprint density at radius 3 is 1.92 bits per heavy atom. The maximum Gasteiger partial charge on any atom is 0.00698 e. The molecule has 3 rings (SSSR count). The SMILES string of the molecule is CCc1ccccc1-c1cccc(CC)c1C(C)c1ccccc1. The van der Waals surface area contributed by atoms with E-state index < -0.39 is 0 Å². The molecule has 0 N–H and O–H groups in total. The molecule has 0 aliphatic rings. The van der Waals surface area contributed by atoms with Gasteiger partial charge < -0.3 is 0 Å². The zero-order chi connectivity index (χ0) is 16.9. The summed E-state index contributed by atoms with van der Waals surface area (Å²) in [7, 11) is 0. The van der Waals surface area contributed by atoms with Crippen molar-refractivity contribution in [3.63, 3.8) is 0 Å². The molecule has 24 heavy (non-hydrogen) atoms. The van der Waals surface area contributed by atoms with E-state index in [-0.39, 0.29) is 0 Å². The largest absolute Gasteiger partial charge is 0.0622 e. The molecule has 0 saturated carbocycles. The van der Waals surface area contributed by atoms with E-state index in [1.807, 2.05) is 0 Å². The van der Waals surface area contributed by atoms with Crippen LogP contribution in [0.3, 0.4) is 0 Å². The maximum atomic E-state index is 2.34. The summed E-state index contributed by atoms with van der Waals surface area (Å²) in [6.45, 7) is 6.83. The van der Waals surface area contributed by atoms with Gasteiger partial charge in [0.2, 0.25) is 0 Å². The molecule has 0 spiro atoms. The monoisotopic (exact) mass is 314 g/mol. The smallest absolute Gasteiger partial charge is 0.00698 e. The van der Waals surface area contributed by atoms with E-state index in [2.05, 4.69) is 93.6 Å². The summed E-state index contributed by atoms with van der Waals surface area (Å²) in [6.07, 6.45) is 2.13. The first-order valence-electron chi connectivity index (χ1n) is 9.01. The molecule has 0 aliphatic heterocycles. The number of aryl methyl sites for hydroxylation is 2. The van der Waals surface area contributed by atoms with Gasteiger partial charge >= 0.3 is 0 Å². The Morgan fingerprint density at radius 1 is 0.625 bits per heavy atom. The fourth-order valence-electron chi connectivity index (χ4n) is 3.67. The Morgan fingerprint density at radius 2 is 1.21 bits per heavy atom. The highest BCUT2D eigenvalue weighted by atomic mass is 14.2. The fraction of sp³-hybridized carbons (Fsp3) is 0.250. The summed E-state index contributed by atoms with van der Waals surface area (Å²) in [6, 6.07) is 26.5. The van der Waals surface area contributed by atoms with E-state index in [0.29, 0.717) is 5.92 Å². The van der Waals surface area contributed by atoms with Crippen molar-refractivity contribution in [3.8, 4) is 11.1 Å². The van der Waals surface area contributed by atoms with E-state index in [1.54, 1.807) is 0 Å². The minimum absolute atomic E-state index is 0.391. The van der Waals surface area contributed by atoms with Gasteiger partial charge in [0.05, 0.1) is 0 Å². The first kappa shape index (κ1) is 16.5. The molecule has 3 aromatic rings. The van der Waals surface area contributed by atoms with Gasteiger partial charge in [-0.25, -0.2) is 0 Å². The van der Waals surface area contributed by atoms with Crippen molar-refractivity contribution in [3.05, 3.63) is 95.1 Å². The summed E-state index contributed by atoms with van der Waals surface area (Å²) in [5.41, 5.74) is 8.51. The Bertz CT molecular complexity index is 799. The van der Waals surface area contributed by atoms with Crippen LogP contribution in [0.5, 0.6) is 0 Å². The second-order valence-electron chi connectivity index (χ2n) is 6.37. The zero-order valence-electron chi connectivity index (χ0n) is 14.9. The van der Waals surface area contributed by atoms with E-state index in [0.717, 1.165) is 12.8 Å². The standard InChI is InChI=1S/C24H26/c1-4-19-12-9-10-16-22(19)23-17-11-15-20(5-2)24(23)18(3)21-13-7-6-8-14-21/h6-18H,4-5H2,1-3H3. The summed E-state index contributed by atoms with van der Waals surface area (Å²) >= 11 is 0. The maximum absolute atomic E-state index is 2.34. The molecule has 0 radical (unpaired) electrons. The van der Waals surface area contributed by atoms with Crippen molar-refractivity contribution in [1.82, 2.24) is 0 Å². The summed E-state index contributed by atoms with van der Waals surface area (Å²) in [5.74, 6) is 0.391. The molecule has 1 atom stereocenters. The van der Waals surface area contributed by atoms with Crippen molar-refractivity contribution in [2.75, 3.05) is 0 Å². The summed E-state index contributed by atoms with van der Waals surface area (Å²) in [5, 5.41) is 0. The lowest BCUT2D eigenvalue weighted by Crippen LogP contribution is -2.04. The Labute approximate surface area is 146 Å². The predicted molar refractivity (Wildman–Crippen MR) is 105 cm³/mol. The average Bonchev–Trinajstić information content (AvgIpc) is 2.67. The van der Waals surface area contributed by atoms with Crippen molar-refractivity contribution in [2.24, 2.45) is 0 Å². The molecule has 0 heterocycles. The van der Waals surface area contributed by atoms with Crippen molar-refractivity contribution in [1.29, 1.82) is 0 Å². The van der Waals surface area contributed by atoms with E-state index in [9.17, 15) is 0 Å². The third-order valence-corrected chi connectivity index (χ3v) is 5.00.